The topological polar surface area (TPSA) is 69.8 Å². The van der Waals surface area contributed by atoms with Crippen LogP contribution >= 0.6 is 10.7 Å². The predicted molar refractivity (Wildman–Crippen MR) is 71.6 cm³/mol. The molecule has 0 aromatic carbocycles. The van der Waals surface area contributed by atoms with Crippen molar-refractivity contribution in [1.82, 2.24) is 19.3 Å². The van der Waals surface area contributed by atoms with Crippen LogP contribution in [0.25, 0.3) is 0 Å². The Morgan fingerprint density at radius 1 is 1.37 bits per heavy atom. The summed E-state index contributed by atoms with van der Waals surface area (Å²) in [7, 11) is 3.39. The van der Waals surface area contributed by atoms with Crippen molar-refractivity contribution < 1.29 is 8.42 Å². The van der Waals surface area contributed by atoms with Gasteiger partial charge in [0.25, 0.3) is 9.05 Å². The van der Waals surface area contributed by atoms with Crippen LogP contribution in [0.1, 0.15) is 18.3 Å². The van der Waals surface area contributed by atoms with E-state index in [9.17, 15) is 8.42 Å². The summed E-state index contributed by atoms with van der Waals surface area (Å²) in [5, 5.41) is 4.00. The predicted octanol–water partition coefficient (Wildman–Crippen LogP) is 1.35. The van der Waals surface area contributed by atoms with Crippen LogP contribution < -0.4 is 0 Å². The highest BCUT2D eigenvalue weighted by molar-refractivity contribution is 8.13. The third-order valence-electron chi connectivity index (χ3n) is 2.80. The van der Waals surface area contributed by atoms with Gasteiger partial charge in [-0.25, -0.2) is 13.4 Å². The first-order chi connectivity index (χ1) is 8.90. The van der Waals surface area contributed by atoms with Crippen LogP contribution in [-0.4, -0.2) is 27.7 Å². The molecule has 0 fully saturated rings. The molecule has 0 spiro atoms. The van der Waals surface area contributed by atoms with Crippen molar-refractivity contribution in [3.05, 3.63) is 30.0 Å². The Kier molecular flexibility index (Phi) is 3.96. The third kappa shape index (κ3) is 3.36. The molecule has 8 heteroatoms. The smallest absolute Gasteiger partial charge is 0.280 e. The molecule has 0 aliphatic heterocycles. The minimum Gasteiger partial charge on any atom is -0.333 e. The molecule has 0 radical (unpaired) electrons. The fraction of sp³-hybridized carbons (Fsp3) is 0.455. The van der Waals surface area contributed by atoms with Gasteiger partial charge in [0.05, 0.1) is 6.20 Å². The van der Waals surface area contributed by atoms with E-state index in [1.165, 1.54) is 6.20 Å². The normalized spacial score (nSPS) is 11.9. The van der Waals surface area contributed by atoms with E-state index in [2.05, 4.69) is 10.1 Å². The van der Waals surface area contributed by atoms with E-state index in [4.69, 9.17) is 10.7 Å². The molecule has 2 rings (SSSR count). The maximum Gasteiger partial charge on any atom is 0.280 e. The number of hydrogen-bond acceptors (Lipinski definition) is 4. The van der Waals surface area contributed by atoms with Crippen LogP contribution in [0.2, 0.25) is 0 Å². The SMILES string of the molecule is CCc1nc(S(=O)(=O)Cl)cn1CCc1cnn(C)c1. The van der Waals surface area contributed by atoms with Crippen LogP contribution in [0.4, 0.5) is 0 Å². The molecule has 0 amide bonds. The van der Waals surface area contributed by atoms with Crippen LogP contribution in [0, 0.1) is 0 Å². The summed E-state index contributed by atoms with van der Waals surface area (Å²) in [4.78, 5) is 4.04. The van der Waals surface area contributed by atoms with Crippen LogP contribution in [0.15, 0.2) is 23.6 Å². The molecular formula is C11H15ClN4O2S. The van der Waals surface area contributed by atoms with Gasteiger partial charge in [0.2, 0.25) is 0 Å². The first-order valence-electron chi connectivity index (χ1n) is 5.88. The Morgan fingerprint density at radius 2 is 2.11 bits per heavy atom. The molecular weight excluding hydrogens is 288 g/mol. The molecule has 0 unspecified atom stereocenters. The highest BCUT2D eigenvalue weighted by atomic mass is 35.7. The minimum atomic E-state index is -3.77. The number of halogens is 1. The molecule has 19 heavy (non-hydrogen) atoms. The monoisotopic (exact) mass is 302 g/mol. The summed E-state index contributed by atoms with van der Waals surface area (Å²) in [6.07, 6.45) is 6.62. The second-order valence-corrected chi connectivity index (χ2v) is 6.77. The quantitative estimate of drug-likeness (QED) is 0.782. The maximum absolute atomic E-state index is 11.3. The zero-order chi connectivity index (χ0) is 14.0. The number of aromatic nitrogens is 4. The molecule has 0 atom stereocenters. The number of nitrogens with zero attached hydrogens (tertiary/aromatic N) is 4. The van der Waals surface area contributed by atoms with E-state index in [1.807, 2.05) is 24.7 Å². The number of hydrogen-bond donors (Lipinski definition) is 0. The summed E-state index contributed by atoms with van der Waals surface area (Å²) >= 11 is 0. The fourth-order valence-electron chi connectivity index (χ4n) is 1.87. The van der Waals surface area contributed by atoms with Crippen LogP contribution in [0.3, 0.4) is 0 Å². The Hall–Kier alpha value is -1.34. The van der Waals surface area contributed by atoms with Crippen molar-refractivity contribution in [2.75, 3.05) is 0 Å². The van der Waals surface area contributed by atoms with Gasteiger partial charge in [-0.2, -0.15) is 5.10 Å². The second-order valence-electron chi connectivity index (χ2n) is 4.25. The number of imidazole rings is 1. The second kappa shape index (κ2) is 5.34. The van der Waals surface area contributed by atoms with Crippen molar-refractivity contribution in [1.29, 1.82) is 0 Å². The molecule has 0 saturated heterocycles. The zero-order valence-corrected chi connectivity index (χ0v) is 12.3. The highest BCUT2D eigenvalue weighted by Gasteiger charge is 2.17. The molecule has 0 saturated carbocycles. The average Bonchev–Trinajstić information content (AvgIpc) is 2.91. The molecule has 0 aliphatic carbocycles. The number of rotatable bonds is 5. The van der Waals surface area contributed by atoms with E-state index in [0.29, 0.717) is 18.8 Å². The van der Waals surface area contributed by atoms with Gasteiger partial charge in [0, 0.05) is 43.1 Å². The van der Waals surface area contributed by atoms with Crippen molar-refractivity contribution in [2.24, 2.45) is 7.05 Å². The Balaban J connectivity index is 2.17. The first-order valence-corrected chi connectivity index (χ1v) is 8.19. The number of aryl methyl sites for hydroxylation is 4. The molecule has 2 heterocycles. The molecule has 6 nitrogen and oxygen atoms in total. The average molecular weight is 303 g/mol. The fourth-order valence-corrected chi connectivity index (χ4v) is 2.56. The molecule has 2 aromatic rings. The van der Waals surface area contributed by atoms with E-state index >= 15 is 0 Å². The van der Waals surface area contributed by atoms with E-state index in [0.717, 1.165) is 12.0 Å². The minimum absolute atomic E-state index is 0.0859. The Morgan fingerprint density at radius 3 is 2.63 bits per heavy atom. The summed E-state index contributed by atoms with van der Waals surface area (Å²) in [5.41, 5.74) is 1.09. The lowest BCUT2D eigenvalue weighted by molar-refractivity contribution is 0.606. The lowest BCUT2D eigenvalue weighted by Crippen LogP contribution is -2.04. The maximum atomic E-state index is 11.3. The van der Waals surface area contributed by atoms with Crippen LogP contribution in [-0.2, 0) is 35.5 Å². The lowest BCUT2D eigenvalue weighted by Gasteiger charge is -2.04. The van der Waals surface area contributed by atoms with Crippen molar-refractivity contribution >= 4 is 19.7 Å². The molecule has 2 aromatic heterocycles. The van der Waals surface area contributed by atoms with Gasteiger partial charge in [-0.1, -0.05) is 6.92 Å². The third-order valence-corrected chi connectivity index (χ3v) is 3.97. The van der Waals surface area contributed by atoms with E-state index < -0.39 is 9.05 Å². The van der Waals surface area contributed by atoms with Gasteiger partial charge in [0.1, 0.15) is 5.82 Å². The molecule has 104 valence electrons. The standard InChI is InChI=1S/C11H15ClN4O2S/c1-3-10-14-11(19(12,17)18)8-16(10)5-4-9-6-13-15(2)7-9/h6-8H,3-5H2,1-2H3. The molecule has 0 bridgehead atoms. The van der Waals surface area contributed by atoms with Crippen molar-refractivity contribution in [3.8, 4) is 0 Å². The van der Waals surface area contributed by atoms with Gasteiger partial charge in [0.15, 0.2) is 5.03 Å². The van der Waals surface area contributed by atoms with Gasteiger partial charge in [-0.3, -0.25) is 4.68 Å². The first kappa shape index (κ1) is 14.1. The Bertz CT molecular complexity index is 675. The zero-order valence-electron chi connectivity index (χ0n) is 10.7. The van der Waals surface area contributed by atoms with Gasteiger partial charge in [-0.15, -0.1) is 0 Å². The summed E-state index contributed by atoms with van der Waals surface area (Å²) in [6, 6.07) is 0. The summed E-state index contributed by atoms with van der Waals surface area (Å²) in [6.45, 7) is 2.57. The lowest BCUT2D eigenvalue weighted by atomic mass is 10.2. The van der Waals surface area contributed by atoms with Gasteiger partial charge in [-0.05, 0) is 12.0 Å². The summed E-state index contributed by atoms with van der Waals surface area (Å²) in [5.74, 6) is 0.711. The van der Waals surface area contributed by atoms with Crippen molar-refractivity contribution in [2.45, 2.75) is 31.3 Å². The van der Waals surface area contributed by atoms with Gasteiger partial charge >= 0.3 is 0 Å². The summed E-state index contributed by atoms with van der Waals surface area (Å²) < 4.78 is 26.1. The Labute approximate surface area is 116 Å². The largest absolute Gasteiger partial charge is 0.333 e. The van der Waals surface area contributed by atoms with Crippen molar-refractivity contribution in [3.63, 3.8) is 0 Å². The molecule has 0 N–H and O–H groups in total. The molecule has 0 aliphatic rings. The highest BCUT2D eigenvalue weighted by Crippen LogP contribution is 2.15. The van der Waals surface area contributed by atoms with E-state index in [-0.39, 0.29) is 5.03 Å². The van der Waals surface area contributed by atoms with E-state index in [1.54, 1.807) is 10.9 Å². The van der Waals surface area contributed by atoms with Crippen LogP contribution in [0.5, 0.6) is 0 Å². The van der Waals surface area contributed by atoms with Gasteiger partial charge < -0.3 is 4.57 Å².